The van der Waals surface area contributed by atoms with Gasteiger partial charge in [-0.1, -0.05) is 0 Å². The number of hydrogen-bond donors (Lipinski definition) is 2. The number of nitrogen functional groups attached to an aromatic ring is 1. The number of nitrogens with two attached hydrogens (primary N) is 1. The van der Waals surface area contributed by atoms with Gasteiger partial charge in [0.1, 0.15) is 11.3 Å². The molecule has 82 valence electrons. The predicted octanol–water partition coefficient (Wildman–Crippen LogP) is 0.912. The second kappa shape index (κ2) is 3.76. The Morgan fingerprint density at radius 1 is 1.40 bits per heavy atom. The number of pyridine rings is 1. The highest BCUT2D eigenvalue weighted by molar-refractivity contribution is 5.87. The Kier molecular flexibility index (Phi) is 2.83. The Morgan fingerprint density at radius 2 is 2.00 bits per heavy atom. The molecule has 1 aromatic heterocycles. The van der Waals surface area contributed by atoms with Gasteiger partial charge in [-0.25, -0.2) is 4.79 Å². The van der Waals surface area contributed by atoms with Gasteiger partial charge < -0.3 is 15.5 Å². The molecule has 0 unspecified atom stereocenters. The Balaban J connectivity index is 2.93. The topological polar surface area (TPSA) is 85.2 Å². The molecule has 0 spiro atoms. The van der Waals surface area contributed by atoms with E-state index in [1.165, 1.54) is 12.1 Å². The number of carbonyl (C=O) groups is 1. The fourth-order valence-corrected chi connectivity index (χ4v) is 0.937. The highest BCUT2D eigenvalue weighted by Gasteiger charge is 2.18. The summed E-state index contributed by atoms with van der Waals surface area (Å²) in [4.78, 5) is 25.0. The van der Waals surface area contributed by atoms with Gasteiger partial charge in [0.05, 0.1) is 5.69 Å². The van der Waals surface area contributed by atoms with Crippen molar-refractivity contribution in [3.8, 4) is 0 Å². The third-order valence-corrected chi connectivity index (χ3v) is 1.56. The van der Waals surface area contributed by atoms with Gasteiger partial charge >= 0.3 is 5.97 Å². The molecule has 1 heterocycles. The van der Waals surface area contributed by atoms with Crippen LogP contribution in [0.15, 0.2) is 16.9 Å². The zero-order valence-electron chi connectivity index (χ0n) is 8.96. The molecule has 0 saturated heterocycles. The van der Waals surface area contributed by atoms with Crippen LogP contribution in [0.3, 0.4) is 0 Å². The molecule has 0 saturated carbocycles. The van der Waals surface area contributed by atoms with Crippen molar-refractivity contribution in [2.45, 2.75) is 26.4 Å². The molecule has 0 aliphatic carbocycles. The number of esters is 1. The summed E-state index contributed by atoms with van der Waals surface area (Å²) >= 11 is 0. The van der Waals surface area contributed by atoms with Crippen molar-refractivity contribution < 1.29 is 9.53 Å². The van der Waals surface area contributed by atoms with Crippen LogP contribution in [0, 0.1) is 0 Å². The Bertz CT molecular complexity index is 429. The molecule has 0 aliphatic rings. The first kappa shape index (κ1) is 11.3. The lowest BCUT2D eigenvalue weighted by molar-refractivity contribution is 0.00626. The molecule has 0 amide bonds. The number of H-pyrrole nitrogens is 1. The summed E-state index contributed by atoms with van der Waals surface area (Å²) in [6.07, 6.45) is 0. The van der Waals surface area contributed by atoms with Crippen molar-refractivity contribution in [3.63, 3.8) is 0 Å². The van der Waals surface area contributed by atoms with Crippen molar-refractivity contribution >= 4 is 11.7 Å². The first-order valence-corrected chi connectivity index (χ1v) is 4.52. The van der Waals surface area contributed by atoms with Crippen molar-refractivity contribution in [1.82, 2.24) is 4.98 Å². The zero-order valence-corrected chi connectivity index (χ0v) is 8.96. The summed E-state index contributed by atoms with van der Waals surface area (Å²) in [5.41, 5.74) is 4.42. The molecular weight excluding hydrogens is 196 g/mol. The first-order chi connectivity index (χ1) is 6.79. The third-order valence-electron chi connectivity index (χ3n) is 1.56. The van der Waals surface area contributed by atoms with Crippen LogP contribution in [0.25, 0.3) is 0 Å². The van der Waals surface area contributed by atoms with E-state index in [0.29, 0.717) is 0 Å². The fourth-order valence-electron chi connectivity index (χ4n) is 0.937. The van der Waals surface area contributed by atoms with E-state index in [0.717, 1.165) is 0 Å². The number of aromatic amines is 1. The first-order valence-electron chi connectivity index (χ1n) is 4.52. The highest BCUT2D eigenvalue weighted by atomic mass is 16.6. The second-order valence-electron chi connectivity index (χ2n) is 4.16. The molecule has 5 nitrogen and oxygen atoms in total. The molecule has 1 aromatic rings. The molecule has 0 aliphatic heterocycles. The van der Waals surface area contributed by atoms with E-state index in [1.54, 1.807) is 20.8 Å². The van der Waals surface area contributed by atoms with Gasteiger partial charge in [-0.3, -0.25) is 4.79 Å². The summed E-state index contributed by atoms with van der Waals surface area (Å²) in [5, 5.41) is 0. The van der Waals surface area contributed by atoms with E-state index in [2.05, 4.69) is 4.98 Å². The van der Waals surface area contributed by atoms with Crippen LogP contribution < -0.4 is 11.3 Å². The van der Waals surface area contributed by atoms with Gasteiger partial charge in [0.2, 0.25) is 0 Å². The van der Waals surface area contributed by atoms with E-state index in [-0.39, 0.29) is 11.4 Å². The molecule has 0 bridgehead atoms. The maximum Gasteiger partial charge on any atom is 0.355 e. The van der Waals surface area contributed by atoms with Gasteiger partial charge in [-0.2, -0.15) is 0 Å². The quantitative estimate of drug-likeness (QED) is 0.675. The average molecular weight is 210 g/mol. The zero-order chi connectivity index (χ0) is 11.6. The van der Waals surface area contributed by atoms with E-state index < -0.39 is 17.1 Å². The minimum Gasteiger partial charge on any atom is -0.455 e. The van der Waals surface area contributed by atoms with E-state index >= 15 is 0 Å². The van der Waals surface area contributed by atoms with Crippen LogP contribution in [0.2, 0.25) is 0 Å². The number of rotatable bonds is 1. The number of nitrogens with one attached hydrogen (secondary N) is 1. The molecule has 0 aromatic carbocycles. The Labute approximate surface area is 87.3 Å². The second-order valence-corrected chi connectivity index (χ2v) is 4.16. The normalized spacial score (nSPS) is 11.1. The maximum atomic E-state index is 11.5. The van der Waals surface area contributed by atoms with Gasteiger partial charge in [0.25, 0.3) is 5.56 Å². The molecule has 1 rings (SSSR count). The van der Waals surface area contributed by atoms with Crippen LogP contribution in [0.1, 0.15) is 31.3 Å². The van der Waals surface area contributed by atoms with Gasteiger partial charge in [0.15, 0.2) is 0 Å². The maximum absolute atomic E-state index is 11.5. The average Bonchev–Trinajstić information content (AvgIpc) is 2.06. The van der Waals surface area contributed by atoms with E-state index in [9.17, 15) is 9.59 Å². The van der Waals surface area contributed by atoms with Crippen molar-refractivity contribution in [1.29, 1.82) is 0 Å². The lowest BCUT2D eigenvalue weighted by Gasteiger charge is -2.19. The summed E-state index contributed by atoms with van der Waals surface area (Å²) in [5.74, 6) is -0.570. The summed E-state index contributed by atoms with van der Waals surface area (Å²) in [6.45, 7) is 5.25. The van der Waals surface area contributed by atoms with Crippen LogP contribution in [-0.2, 0) is 4.74 Å². The Morgan fingerprint density at radius 3 is 2.47 bits per heavy atom. The fraction of sp³-hybridized carbons (Fsp3) is 0.400. The highest BCUT2D eigenvalue weighted by Crippen LogP contribution is 2.10. The summed E-state index contributed by atoms with van der Waals surface area (Å²) in [7, 11) is 0. The number of anilines is 1. The van der Waals surface area contributed by atoms with E-state index in [1.807, 2.05) is 0 Å². The van der Waals surface area contributed by atoms with Crippen LogP contribution in [0.5, 0.6) is 0 Å². The Hall–Kier alpha value is -1.78. The molecule has 15 heavy (non-hydrogen) atoms. The van der Waals surface area contributed by atoms with Crippen LogP contribution in [-0.4, -0.2) is 16.6 Å². The minimum atomic E-state index is -0.588. The largest absolute Gasteiger partial charge is 0.455 e. The molecule has 5 heteroatoms. The molecule has 0 fully saturated rings. The molecule has 0 radical (unpaired) electrons. The number of carbonyl (C=O) groups excluding carboxylic acids is 1. The number of aromatic nitrogens is 1. The smallest absolute Gasteiger partial charge is 0.355 e. The van der Waals surface area contributed by atoms with Crippen LogP contribution in [0.4, 0.5) is 5.69 Å². The van der Waals surface area contributed by atoms with Gasteiger partial charge in [-0.05, 0) is 32.9 Å². The number of ether oxygens (including phenoxy) is 1. The minimum absolute atomic E-state index is 0.0716. The molecular formula is C10H14N2O3. The van der Waals surface area contributed by atoms with Crippen molar-refractivity contribution in [3.05, 3.63) is 28.2 Å². The third kappa shape index (κ3) is 3.12. The predicted molar refractivity (Wildman–Crippen MR) is 56.6 cm³/mol. The van der Waals surface area contributed by atoms with Crippen molar-refractivity contribution in [2.75, 3.05) is 5.73 Å². The lowest BCUT2D eigenvalue weighted by atomic mass is 10.2. The SMILES string of the molecule is CC(C)(C)OC(=O)c1ccc(N)c(=O)[nH]1. The van der Waals surface area contributed by atoms with Gasteiger partial charge in [-0.15, -0.1) is 0 Å². The van der Waals surface area contributed by atoms with E-state index in [4.69, 9.17) is 10.5 Å². The number of hydrogen-bond acceptors (Lipinski definition) is 4. The summed E-state index contributed by atoms with van der Waals surface area (Å²) < 4.78 is 5.07. The van der Waals surface area contributed by atoms with Crippen LogP contribution >= 0.6 is 0 Å². The molecule has 0 atom stereocenters. The monoisotopic (exact) mass is 210 g/mol. The van der Waals surface area contributed by atoms with Gasteiger partial charge in [0, 0.05) is 0 Å². The molecule has 3 N–H and O–H groups in total. The standard InChI is InChI=1S/C10H14N2O3/c1-10(2,3)15-9(14)7-5-4-6(11)8(13)12-7/h4-5H,11H2,1-3H3,(H,12,13). The van der Waals surface area contributed by atoms with Crippen molar-refractivity contribution in [2.24, 2.45) is 0 Å². The lowest BCUT2D eigenvalue weighted by Crippen LogP contribution is -2.26. The summed E-state index contributed by atoms with van der Waals surface area (Å²) in [6, 6.07) is 2.79.